The third-order valence-corrected chi connectivity index (χ3v) is 7.01. The highest BCUT2D eigenvalue weighted by Crippen LogP contribution is 2.45. The van der Waals surface area contributed by atoms with Gasteiger partial charge in [-0.3, -0.25) is 0 Å². The van der Waals surface area contributed by atoms with Crippen LogP contribution in [0.25, 0.3) is 0 Å². The standard InChI is InChI=1S/C14H17NO3S2/c1-12-8-10-14(11-9-12)20(17,18)15-19(2,16)13-6-4-3-5-7-13/h3-11,15-16H,1-2H3/p-1. The van der Waals surface area contributed by atoms with E-state index in [1.165, 1.54) is 18.4 Å². The fourth-order valence-corrected chi connectivity index (χ4v) is 5.32. The molecule has 0 aliphatic carbocycles. The lowest BCUT2D eigenvalue weighted by Gasteiger charge is -2.43. The van der Waals surface area contributed by atoms with Gasteiger partial charge in [0.1, 0.15) is 0 Å². The molecular formula is C14H16NO3S2-. The summed E-state index contributed by atoms with van der Waals surface area (Å²) in [5.41, 5.74) is 0.962. The predicted molar refractivity (Wildman–Crippen MR) is 80.5 cm³/mol. The smallest absolute Gasteiger partial charge is 0.247 e. The number of sulfonamides is 1. The van der Waals surface area contributed by atoms with E-state index >= 15 is 0 Å². The second-order valence-electron chi connectivity index (χ2n) is 4.56. The molecule has 0 radical (unpaired) electrons. The average molecular weight is 310 g/mol. The van der Waals surface area contributed by atoms with Crippen LogP contribution >= 0.6 is 10.5 Å². The highest BCUT2D eigenvalue weighted by Gasteiger charge is 2.19. The van der Waals surface area contributed by atoms with Crippen LogP contribution in [0.15, 0.2) is 64.4 Å². The first kappa shape index (κ1) is 15.1. The zero-order valence-electron chi connectivity index (χ0n) is 11.2. The summed E-state index contributed by atoms with van der Waals surface area (Å²) in [7, 11) is -6.67. The zero-order valence-corrected chi connectivity index (χ0v) is 12.9. The molecule has 4 nitrogen and oxygen atoms in total. The number of benzene rings is 2. The lowest BCUT2D eigenvalue weighted by Crippen LogP contribution is -2.27. The van der Waals surface area contributed by atoms with Gasteiger partial charge in [-0.15, -0.1) is 0 Å². The Morgan fingerprint density at radius 1 is 0.900 bits per heavy atom. The Hall–Kier alpha value is -1.34. The summed E-state index contributed by atoms with van der Waals surface area (Å²) in [4.78, 5) is 0.560. The van der Waals surface area contributed by atoms with E-state index in [2.05, 4.69) is 4.13 Å². The van der Waals surface area contributed by atoms with Crippen molar-refractivity contribution in [2.24, 2.45) is 0 Å². The van der Waals surface area contributed by atoms with Crippen LogP contribution in [-0.2, 0) is 10.0 Å². The van der Waals surface area contributed by atoms with Crippen molar-refractivity contribution >= 4 is 20.5 Å². The minimum atomic E-state index is -3.81. The number of nitrogens with one attached hydrogen (secondary N) is 1. The highest BCUT2D eigenvalue weighted by molar-refractivity contribution is 8.31. The second-order valence-corrected chi connectivity index (χ2v) is 8.86. The first-order valence-electron chi connectivity index (χ1n) is 5.96. The molecule has 0 bridgehead atoms. The van der Waals surface area contributed by atoms with Gasteiger partial charge in [0.2, 0.25) is 10.0 Å². The van der Waals surface area contributed by atoms with Crippen LogP contribution in [0.4, 0.5) is 0 Å². The van der Waals surface area contributed by atoms with Crippen molar-refractivity contribution in [2.75, 3.05) is 6.26 Å². The molecule has 0 aliphatic heterocycles. The maximum absolute atomic E-state index is 12.6. The van der Waals surface area contributed by atoms with Crippen LogP contribution in [0.5, 0.6) is 0 Å². The van der Waals surface area contributed by atoms with Gasteiger partial charge in [0.15, 0.2) is 0 Å². The van der Waals surface area contributed by atoms with E-state index in [4.69, 9.17) is 0 Å². The Bertz CT molecular complexity index is 680. The number of hydrogen-bond acceptors (Lipinski definition) is 3. The normalized spacial score (nSPS) is 16.4. The van der Waals surface area contributed by atoms with E-state index in [0.29, 0.717) is 4.90 Å². The molecular weight excluding hydrogens is 294 g/mol. The van der Waals surface area contributed by atoms with Gasteiger partial charge in [-0.1, -0.05) is 35.9 Å². The molecule has 0 amide bonds. The van der Waals surface area contributed by atoms with Crippen LogP contribution in [0.1, 0.15) is 5.56 Å². The van der Waals surface area contributed by atoms with Gasteiger partial charge >= 0.3 is 0 Å². The quantitative estimate of drug-likeness (QED) is 0.944. The van der Waals surface area contributed by atoms with E-state index in [1.54, 1.807) is 42.5 Å². The Morgan fingerprint density at radius 2 is 1.45 bits per heavy atom. The molecule has 0 spiro atoms. The Morgan fingerprint density at radius 3 is 2.00 bits per heavy atom. The Labute approximate surface area is 121 Å². The minimum absolute atomic E-state index is 0.105. The fraction of sp³-hybridized carbons (Fsp3) is 0.143. The first-order chi connectivity index (χ1) is 9.31. The SMILES string of the molecule is Cc1ccc(S(=O)(=O)NS(C)([O-])c2ccccc2)cc1. The molecule has 2 rings (SSSR count). The molecule has 2 aromatic carbocycles. The van der Waals surface area contributed by atoms with Gasteiger partial charge < -0.3 is 4.55 Å². The summed E-state index contributed by atoms with van der Waals surface area (Å²) in [6.45, 7) is 1.87. The predicted octanol–water partition coefficient (Wildman–Crippen LogP) is 2.81. The number of rotatable bonds is 4. The van der Waals surface area contributed by atoms with E-state index in [-0.39, 0.29) is 4.90 Å². The largest absolute Gasteiger partial charge is 0.797 e. The molecule has 20 heavy (non-hydrogen) atoms. The molecule has 6 heteroatoms. The summed E-state index contributed by atoms with van der Waals surface area (Å²) < 4.78 is 39.3. The van der Waals surface area contributed by atoms with Gasteiger partial charge in [-0.25, -0.2) is 18.9 Å². The van der Waals surface area contributed by atoms with Crippen LogP contribution in [0.2, 0.25) is 0 Å². The first-order valence-corrected chi connectivity index (χ1v) is 9.41. The zero-order chi connectivity index (χ0) is 14.8. The summed E-state index contributed by atoms with van der Waals surface area (Å²) in [6, 6.07) is 14.9. The lowest BCUT2D eigenvalue weighted by molar-refractivity contribution is 0.571. The van der Waals surface area contributed by atoms with Gasteiger partial charge in [0.05, 0.1) is 4.90 Å². The van der Waals surface area contributed by atoms with Gasteiger partial charge in [0, 0.05) is 0 Å². The monoisotopic (exact) mass is 310 g/mol. The van der Waals surface area contributed by atoms with Crippen molar-refractivity contribution in [1.82, 2.24) is 4.13 Å². The topological polar surface area (TPSA) is 69.2 Å². The number of aryl methyl sites for hydroxylation is 1. The molecule has 0 aliphatic rings. The summed E-state index contributed by atoms with van der Waals surface area (Å²) in [6.07, 6.45) is 1.38. The van der Waals surface area contributed by atoms with E-state index < -0.39 is 20.5 Å². The third-order valence-electron chi connectivity index (χ3n) is 2.79. The molecule has 0 saturated carbocycles. The summed E-state index contributed by atoms with van der Waals surface area (Å²) in [5, 5.41) is 0. The highest BCUT2D eigenvalue weighted by atomic mass is 32.3. The van der Waals surface area contributed by atoms with E-state index in [1.807, 2.05) is 6.92 Å². The maximum Gasteiger partial charge on any atom is 0.247 e. The Balaban J connectivity index is 2.30. The van der Waals surface area contributed by atoms with Crippen molar-refractivity contribution < 1.29 is 13.0 Å². The molecule has 1 unspecified atom stereocenters. The van der Waals surface area contributed by atoms with Crippen molar-refractivity contribution in [1.29, 1.82) is 0 Å². The van der Waals surface area contributed by atoms with Crippen LogP contribution in [0, 0.1) is 6.92 Å². The molecule has 1 N–H and O–H groups in total. The molecule has 0 fully saturated rings. The Kier molecular flexibility index (Phi) is 4.19. The number of hydrogen-bond donors (Lipinski definition) is 1. The van der Waals surface area contributed by atoms with E-state index in [0.717, 1.165) is 5.56 Å². The molecule has 0 heterocycles. The van der Waals surface area contributed by atoms with Crippen LogP contribution in [0.3, 0.4) is 0 Å². The minimum Gasteiger partial charge on any atom is -0.797 e. The molecule has 0 aromatic heterocycles. The van der Waals surface area contributed by atoms with Crippen LogP contribution in [-0.4, -0.2) is 19.2 Å². The lowest BCUT2D eigenvalue weighted by atomic mass is 10.2. The van der Waals surface area contributed by atoms with Gasteiger partial charge in [0.25, 0.3) is 0 Å². The summed E-state index contributed by atoms with van der Waals surface area (Å²) >= 11 is 0. The molecule has 108 valence electrons. The molecule has 1 atom stereocenters. The van der Waals surface area contributed by atoms with Crippen molar-refractivity contribution in [3.05, 3.63) is 60.2 Å². The summed E-state index contributed by atoms with van der Waals surface area (Å²) in [5.74, 6) is 0. The molecule has 0 saturated heterocycles. The third kappa shape index (κ3) is 3.40. The van der Waals surface area contributed by atoms with Crippen molar-refractivity contribution in [3.63, 3.8) is 0 Å². The second kappa shape index (κ2) is 5.57. The fourth-order valence-electron chi connectivity index (χ4n) is 1.70. The maximum atomic E-state index is 12.6. The van der Waals surface area contributed by atoms with Crippen molar-refractivity contribution in [3.8, 4) is 0 Å². The van der Waals surface area contributed by atoms with E-state index in [9.17, 15) is 13.0 Å². The van der Waals surface area contributed by atoms with Gasteiger partial charge in [-0.2, -0.15) is 4.13 Å². The molecule has 2 aromatic rings. The average Bonchev–Trinajstić information content (AvgIpc) is 2.39. The van der Waals surface area contributed by atoms with Gasteiger partial charge in [-0.05, 0) is 42.3 Å². The van der Waals surface area contributed by atoms with Crippen molar-refractivity contribution in [2.45, 2.75) is 16.7 Å². The van der Waals surface area contributed by atoms with Crippen LogP contribution < -0.4 is 4.13 Å².